The van der Waals surface area contributed by atoms with Gasteiger partial charge in [0.15, 0.2) is 19.7 Å². The number of halogens is 2. The van der Waals surface area contributed by atoms with Crippen LogP contribution >= 0.6 is 27.3 Å². The van der Waals surface area contributed by atoms with Gasteiger partial charge in [-0.25, -0.2) is 57.8 Å². The Balaban J connectivity index is 0.000000142. The molecule has 0 aliphatic carbocycles. The minimum Gasteiger partial charge on any atom is -0.457 e. The normalized spacial score (nSPS) is 12.4. The summed E-state index contributed by atoms with van der Waals surface area (Å²) in [6, 6.07) is 63.5. The lowest BCUT2D eigenvalue weighted by Crippen LogP contribution is -2.12. The van der Waals surface area contributed by atoms with Gasteiger partial charge in [0.25, 0.3) is 0 Å². The van der Waals surface area contributed by atoms with Gasteiger partial charge in [-0.3, -0.25) is 0 Å². The van der Waals surface area contributed by atoms with Crippen LogP contribution in [0, 0.1) is 26.6 Å². The van der Waals surface area contributed by atoms with Gasteiger partial charge in [0.05, 0.1) is 51.6 Å². The van der Waals surface area contributed by atoms with Gasteiger partial charge in [0, 0.05) is 39.7 Å². The van der Waals surface area contributed by atoms with Crippen LogP contribution in [0.25, 0.3) is 72.0 Å². The Morgan fingerprint density at radius 1 is 0.533 bits per heavy atom. The van der Waals surface area contributed by atoms with Crippen molar-refractivity contribution in [1.82, 2.24) is 14.9 Å². The zero-order valence-electron chi connectivity index (χ0n) is 48.8. The monoisotopic (exact) mass is 1370 g/mol. The number of thiophene rings is 1. The average molecular weight is 1370 g/mol. The number of benzene rings is 8. The molecule has 16 nitrogen and oxygen atoms in total. The van der Waals surface area contributed by atoms with E-state index in [4.69, 9.17) is 19.5 Å². The number of primary sulfonamides is 2. The van der Waals surface area contributed by atoms with Crippen molar-refractivity contribution in [3.63, 3.8) is 0 Å². The van der Waals surface area contributed by atoms with E-state index >= 15 is 0 Å². The number of sulfonamides is 2. The Kier molecular flexibility index (Phi) is 20.1. The topological polar surface area (TPSA) is 259 Å². The van der Waals surface area contributed by atoms with Crippen molar-refractivity contribution in [3.8, 4) is 60.9 Å². The largest absolute Gasteiger partial charge is 0.457 e. The number of esters is 1. The number of sulfone groups is 2. The zero-order chi connectivity index (χ0) is 64.7. The van der Waals surface area contributed by atoms with Crippen LogP contribution in [0.5, 0.6) is 0 Å². The molecule has 4 heterocycles. The van der Waals surface area contributed by atoms with Crippen LogP contribution in [-0.4, -0.2) is 73.7 Å². The molecule has 0 atom stereocenters. The molecule has 11 aromatic rings. The first-order chi connectivity index (χ1) is 42.6. The SMILES string of the molecule is CS(=O)(=O)c1ccc(-c2cc(Br)sc2-c2ccc(F)cc2)cc1.CS(=O)(=O)c1ccc(C2=C(c3ccccc3)C(=O)OC2)cc1.Cc1ccc(-c2cc(C)nn2-c2ccc(S(N)(=O)=O)cc2)cc1.Cc1onc(-c2ccccc2)c1-c1ccc(S(N)(=O)=O)cc1. The van der Waals surface area contributed by atoms with Crippen LogP contribution in [0.15, 0.2) is 246 Å². The summed E-state index contributed by atoms with van der Waals surface area (Å²) in [7, 11) is -13.8. The van der Waals surface area contributed by atoms with E-state index in [0.717, 1.165) is 87.1 Å². The first kappa shape index (κ1) is 65.7. The molecule has 1 aliphatic rings. The summed E-state index contributed by atoms with van der Waals surface area (Å²) in [6.45, 7) is 5.98. The first-order valence-corrected chi connectivity index (χ1v) is 35.6. The number of hydrogen-bond donors (Lipinski definition) is 2. The number of aryl methyl sites for hydroxylation is 3. The lowest BCUT2D eigenvalue weighted by molar-refractivity contribution is -0.133. The molecule has 460 valence electrons. The third-order valence-electron chi connectivity index (χ3n) is 13.9. The summed E-state index contributed by atoms with van der Waals surface area (Å²) in [5.74, 6) is 0.0408. The van der Waals surface area contributed by atoms with E-state index in [9.17, 15) is 42.9 Å². The van der Waals surface area contributed by atoms with Crippen LogP contribution in [-0.2, 0) is 49.3 Å². The standard InChI is InChI=1S/C17H12BrFO2S2.C17H17N3O2S.C17H14O4S.C16H14N2O3S/c1-23(20,21)14-8-4-11(5-9-14)15-10-16(18)22-17(15)12-2-6-13(19)7-3-12;1-12-3-5-14(6-4-12)17-11-13(2)19-20(17)15-7-9-16(10-8-15)23(18,21)22;1-22(19,20)14-9-7-12(8-10-14)15-11-21-17(18)16(15)13-5-3-2-4-6-13;1-11-15(12-7-9-14(10-8-12)22(17,19)20)16(18-21-11)13-5-3-2-4-6-13/h2-10H,1H3;3-11H,1-2H3,(H2,18,21,22);2-10H,11H2,1H3;2-10H,1H3,(H2,17,19,20). The minimum absolute atomic E-state index is 0.0756. The Bertz CT molecular complexity index is 4730. The average Bonchev–Trinajstić information content (AvgIpc) is 3.38. The van der Waals surface area contributed by atoms with Crippen LogP contribution in [0.4, 0.5) is 4.39 Å². The molecule has 0 saturated heterocycles. The number of nitrogens with two attached hydrogens (primary N) is 2. The van der Waals surface area contributed by atoms with Crippen molar-refractivity contribution in [2.24, 2.45) is 10.3 Å². The molecule has 4 N–H and O–H groups in total. The predicted molar refractivity (Wildman–Crippen MR) is 353 cm³/mol. The van der Waals surface area contributed by atoms with E-state index in [1.54, 1.807) is 101 Å². The maximum Gasteiger partial charge on any atom is 0.339 e. The molecular weight excluding hydrogens is 1310 g/mol. The molecule has 0 fully saturated rings. The van der Waals surface area contributed by atoms with Crippen molar-refractivity contribution in [1.29, 1.82) is 0 Å². The number of carbonyl (C=O) groups is 1. The highest BCUT2D eigenvalue weighted by Crippen LogP contribution is 2.42. The van der Waals surface area contributed by atoms with E-state index in [-0.39, 0.29) is 33.1 Å². The number of carbonyl (C=O) groups excluding carboxylic acids is 1. The predicted octanol–water partition coefficient (Wildman–Crippen LogP) is 13.7. The summed E-state index contributed by atoms with van der Waals surface area (Å²) in [4.78, 5) is 13.7. The lowest BCUT2D eigenvalue weighted by atomic mass is 9.97. The third kappa shape index (κ3) is 16.2. The van der Waals surface area contributed by atoms with Gasteiger partial charge >= 0.3 is 5.97 Å². The fourth-order valence-electron chi connectivity index (χ4n) is 9.43. The smallest absolute Gasteiger partial charge is 0.339 e. The number of rotatable bonds is 12. The van der Waals surface area contributed by atoms with Crippen molar-refractivity contribution in [2.75, 3.05) is 19.1 Å². The molecule has 12 rings (SSSR count). The maximum absolute atomic E-state index is 13.1. The third-order valence-corrected chi connectivity index (χ3v) is 19.7. The number of nitrogens with zero attached hydrogens (tertiary/aromatic N) is 3. The first-order valence-electron chi connectivity index (χ1n) is 27.2. The Hall–Kier alpha value is -8.78. The minimum atomic E-state index is -3.70. The maximum atomic E-state index is 13.1. The van der Waals surface area contributed by atoms with Gasteiger partial charge in [0.2, 0.25) is 20.0 Å². The van der Waals surface area contributed by atoms with Gasteiger partial charge in [0.1, 0.15) is 23.9 Å². The lowest BCUT2D eigenvalue weighted by Gasteiger charge is -2.08. The van der Waals surface area contributed by atoms with E-state index in [1.807, 2.05) is 118 Å². The second-order valence-electron chi connectivity index (χ2n) is 20.6. The second kappa shape index (κ2) is 27.5. The van der Waals surface area contributed by atoms with E-state index < -0.39 is 39.7 Å². The number of aromatic nitrogens is 3. The molecule has 0 saturated carbocycles. The highest BCUT2D eigenvalue weighted by atomic mass is 79.9. The van der Waals surface area contributed by atoms with Crippen molar-refractivity contribution >= 4 is 84.1 Å². The van der Waals surface area contributed by atoms with Crippen molar-refractivity contribution < 1.29 is 52.1 Å². The number of cyclic esters (lactones) is 1. The van der Waals surface area contributed by atoms with Crippen molar-refractivity contribution in [2.45, 2.75) is 40.4 Å². The molecule has 23 heteroatoms. The van der Waals surface area contributed by atoms with Gasteiger partial charge < -0.3 is 9.26 Å². The molecule has 0 bridgehead atoms. The fraction of sp³-hybridized carbons (Fsp3) is 0.0896. The Labute approximate surface area is 534 Å². The summed E-state index contributed by atoms with van der Waals surface area (Å²) >= 11 is 5.04. The highest BCUT2D eigenvalue weighted by Gasteiger charge is 2.27. The molecule has 3 aromatic heterocycles. The zero-order valence-corrected chi connectivity index (χ0v) is 54.4. The van der Waals surface area contributed by atoms with E-state index in [1.165, 1.54) is 54.5 Å². The van der Waals surface area contributed by atoms with E-state index in [0.29, 0.717) is 16.2 Å². The molecule has 8 aromatic carbocycles. The quantitative estimate of drug-likeness (QED) is 0.108. The molecule has 90 heavy (non-hydrogen) atoms. The molecule has 0 amide bonds. The summed E-state index contributed by atoms with van der Waals surface area (Å²) in [6.07, 6.45) is 2.35. The van der Waals surface area contributed by atoms with Gasteiger partial charge in [-0.15, -0.1) is 11.3 Å². The van der Waals surface area contributed by atoms with Crippen LogP contribution in [0.1, 0.15) is 28.1 Å². The summed E-state index contributed by atoms with van der Waals surface area (Å²) in [5.41, 5.74) is 13.9. The van der Waals surface area contributed by atoms with Crippen LogP contribution in [0.2, 0.25) is 0 Å². The molecular formula is C67H57BrFN5O11S5. The van der Waals surface area contributed by atoms with Crippen LogP contribution in [0.3, 0.4) is 0 Å². The summed E-state index contributed by atoms with van der Waals surface area (Å²) in [5, 5.41) is 18.9. The van der Waals surface area contributed by atoms with Gasteiger partial charge in [-0.2, -0.15) is 5.10 Å². The Morgan fingerprint density at radius 3 is 1.52 bits per heavy atom. The number of ether oxygens (including phenoxy) is 1. The van der Waals surface area contributed by atoms with Crippen molar-refractivity contribution in [3.05, 3.63) is 256 Å². The second-order valence-corrected chi connectivity index (χ2v) is 30.2. The highest BCUT2D eigenvalue weighted by molar-refractivity contribution is 9.11. The molecule has 0 radical (unpaired) electrons. The van der Waals surface area contributed by atoms with Crippen LogP contribution < -0.4 is 10.3 Å². The molecule has 1 aliphatic heterocycles. The molecule has 0 unspecified atom stereocenters. The van der Waals surface area contributed by atoms with Gasteiger partial charge in [-0.05, 0) is 149 Å². The fourth-order valence-corrected chi connectivity index (χ4v) is 13.3. The summed E-state index contributed by atoms with van der Waals surface area (Å²) < 4.78 is 118. The Morgan fingerprint density at radius 2 is 1.00 bits per heavy atom. The van der Waals surface area contributed by atoms with Gasteiger partial charge in [-0.1, -0.05) is 144 Å². The van der Waals surface area contributed by atoms with E-state index in [2.05, 4.69) is 26.2 Å². The number of hydrogen-bond acceptors (Lipinski definition) is 14. The molecule has 0 spiro atoms.